The first kappa shape index (κ1) is 19.3. The van der Waals surface area contributed by atoms with Crippen LogP contribution in [0.3, 0.4) is 0 Å². The van der Waals surface area contributed by atoms with Crippen LogP contribution >= 0.6 is 11.6 Å². The molecule has 0 atom stereocenters. The van der Waals surface area contributed by atoms with E-state index in [9.17, 15) is 5.11 Å². The molecule has 116 valence electrons. The second-order valence-corrected chi connectivity index (χ2v) is 6.02. The Labute approximate surface area is 130 Å². The summed E-state index contributed by atoms with van der Waals surface area (Å²) in [4.78, 5) is 0. The van der Waals surface area contributed by atoms with E-state index in [0.29, 0.717) is 11.2 Å². The van der Waals surface area contributed by atoms with Crippen LogP contribution in [0.1, 0.15) is 61.9 Å². The van der Waals surface area contributed by atoms with Gasteiger partial charge >= 0.3 is 0 Å². The summed E-state index contributed by atoms with van der Waals surface area (Å²) in [5.74, 6) is 0.510. The molecule has 0 fully saturated rings. The van der Waals surface area contributed by atoms with Crippen LogP contribution in [-0.4, -0.2) is 11.5 Å². The normalized spacial score (nSPS) is 15.2. The number of phenolic OH excluding ortho intramolecular Hbond substituents is 1. The molecule has 1 aliphatic carbocycles. The van der Waals surface area contributed by atoms with E-state index in [4.69, 9.17) is 0 Å². The molecule has 0 saturated heterocycles. The summed E-state index contributed by atoms with van der Waals surface area (Å²) < 4.78 is 0. The van der Waals surface area contributed by atoms with Gasteiger partial charge in [0.05, 0.1) is 0 Å². The van der Waals surface area contributed by atoms with Crippen molar-refractivity contribution in [2.45, 2.75) is 67.7 Å². The highest BCUT2D eigenvalue weighted by Crippen LogP contribution is 2.41. The van der Waals surface area contributed by atoms with Crippen molar-refractivity contribution in [2.75, 3.05) is 6.38 Å². The Morgan fingerprint density at radius 2 is 1.40 bits per heavy atom. The van der Waals surface area contributed by atoms with Gasteiger partial charge in [0.2, 0.25) is 0 Å². The molecule has 1 aromatic rings. The van der Waals surface area contributed by atoms with E-state index in [2.05, 4.69) is 39.3 Å². The Hall–Kier alpha value is -0.690. The van der Waals surface area contributed by atoms with Crippen molar-refractivity contribution in [2.24, 2.45) is 5.41 Å². The lowest BCUT2D eigenvalue weighted by molar-refractivity contribution is 0.313. The lowest BCUT2D eigenvalue weighted by Gasteiger charge is -2.34. The summed E-state index contributed by atoms with van der Waals surface area (Å²) in [5.41, 5.74) is 6.77. The number of alkyl halides is 1. The highest BCUT2D eigenvalue weighted by molar-refractivity contribution is 6.15. The van der Waals surface area contributed by atoms with E-state index in [1.807, 2.05) is 20.8 Å². The maximum Gasteiger partial charge on any atom is 0.121 e. The molecule has 0 spiro atoms. The van der Waals surface area contributed by atoms with E-state index < -0.39 is 0 Å². The molecule has 0 radical (unpaired) electrons. The van der Waals surface area contributed by atoms with Gasteiger partial charge in [0, 0.05) is 6.38 Å². The number of benzene rings is 1. The quantitative estimate of drug-likeness (QED) is 0.608. The third-order valence-electron chi connectivity index (χ3n) is 4.25. The lowest BCUT2D eigenvalue weighted by atomic mass is 9.71. The fourth-order valence-corrected chi connectivity index (χ4v) is 2.89. The van der Waals surface area contributed by atoms with Crippen molar-refractivity contribution < 1.29 is 5.11 Å². The zero-order valence-electron chi connectivity index (χ0n) is 14.4. The van der Waals surface area contributed by atoms with Crippen LogP contribution in [0, 0.1) is 26.2 Å². The Morgan fingerprint density at radius 1 is 0.900 bits per heavy atom. The number of halogens is 1. The molecule has 0 unspecified atom stereocenters. The third kappa shape index (κ3) is 3.91. The lowest BCUT2D eigenvalue weighted by Crippen LogP contribution is -2.24. The number of rotatable bonds is 0. The molecule has 0 bridgehead atoms. The zero-order chi connectivity index (χ0) is 16.1. The molecule has 0 aromatic heterocycles. The maximum atomic E-state index is 10.1. The van der Waals surface area contributed by atoms with E-state index in [0.717, 1.165) is 24.0 Å². The van der Waals surface area contributed by atoms with E-state index in [1.165, 1.54) is 29.5 Å². The Bertz CT molecular complexity index is 447. The van der Waals surface area contributed by atoms with Gasteiger partial charge in [-0.2, -0.15) is 0 Å². The molecule has 20 heavy (non-hydrogen) atoms. The maximum absolute atomic E-state index is 10.1. The van der Waals surface area contributed by atoms with Gasteiger partial charge in [-0.05, 0) is 73.3 Å². The minimum atomic E-state index is 0.410. The minimum Gasteiger partial charge on any atom is -0.507 e. The molecule has 0 aliphatic heterocycles. The summed E-state index contributed by atoms with van der Waals surface area (Å²) in [6, 6.07) is 0. The molecule has 2 rings (SSSR count). The molecule has 1 N–H and O–H groups in total. The van der Waals surface area contributed by atoms with Crippen molar-refractivity contribution in [1.29, 1.82) is 0 Å². The standard InChI is InChI=1S/C15H22O.C2H6.CH3Cl/c1-9-10(2)14(16)11(3)12-6-7-15(4,5)8-13(9)12;2*1-2/h16H,6-8H2,1-5H3;1-2H3;1H3. The smallest absolute Gasteiger partial charge is 0.121 e. The predicted octanol–water partition coefficient (Wildman–Crippen LogP) is 5.71. The first-order valence-corrected chi connectivity index (χ1v) is 8.27. The average Bonchev–Trinajstić information content (AvgIpc) is 2.46. The molecule has 0 saturated carbocycles. The van der Waals surface area contributed by atoms with Crippen molar-refractivity contribution in [1.82, 2.24) is 0 Å². The van der Waals surface area contributed by atoms with Crippen LogP contribution in [-0.2, 0) is 12.8 Å². The fourth-order valence-electron chi connectivity index (χ4n) is 2.89. The Balaban J connectivity index is 0.000000829. The second-order valence-electron chi connectivity index (χ2n) is 6.02. The van der Waals surface area contributed by atoms with Gasteiger partial charge in [0.15, 0.2) is 0 Å². The van der Waals surface area contributed by atoms with Crippen molar-refractivity contribution in [3.05, 3.63) is 27.8 Å². The number of hydrogen-bond donors (Lipinski definition) is 1. The molecule has 1 aromatic carbocycles. The van der Waals surface area contributed by atoms with Gasteiger partial charge in [-0.25, -0.2) is 0 Å². The highest BCUT2D eigenvalue weighted by Gasteiger charge is 2.29. The van der Waals surface area contributed by atoms with Gasteiger partial charge < -0.3 is 5.11 Å². The zero-order valence-corrected chi connectivity index (χ0v) is 15.2. The SMILES string of the molecule is CC.CCl.Cc1c(C)c2c(c(C)c1O)CCC(C)(C)C2. The van der Waals surface area contributed by atoms with Crippen LogP contribution in [0.25, 0.3) is 0 Å². The first-order chi connectivity index (χ1) is 9.33. The Morgan fingerprint density at radius 3 is 1.90 bits per heavy atom. The van der Waals surface area contributed by atoms with E-state index in [-0.39, 0.29) is 0 Å². The molecule has 0 heterocycles. The largest absolute Gasteiger partial charge is 0.507 e. The molecule has 0 amide bonds. The molecule has 1 aliphatic rings. The number of aromatic hydroxyl groups is 1. The Kier molecular flexibility index (Phi) is 7.65. The minimum absolute atomic E-state index is 0.410. The summed E-state index contributed by atoms with van der Waals surface area (Å²) in [6.45, 7) is 14.9. The molecule has 2 heteroatoms. The number of phenols is 1. The highest BCUT2D eigenvalue weighted by atomic mass is 35.5. The first-order valence-electron chi connectivity index (χ1n) is 7.52. The van der Waals surface area contributed by atoms with Gasteiger partial charge in [0.25, 0.3) is 0 Å². The van der Waals surface area contributed by atoms with Gasteiger partial charge in [0.1, 0.15) is 5.75 Å². The van der Waals surface area contributed by atoms with Crippen molar-refractivity contribution in [3.63, 3.8) is 0 Å². The fraction of sp³-hybridized carbons (Fsp3) is 0.667. The van der Waals surface area contributed by atoms with Crippen molar-refractivity contribution in [3.8, 4) is 5.75 Å². The second kappa shape index (κ2) is 7.93. The number of fused-ring (bicyclic) bond motifs is 1. The van der Waals surface area contributed by atoms with Crippen LogP contribution in [0.5, 0.6) is 5.75 Å². The van der Waals surface area contributed by atoms with Gasteiger partial charge in [-0.15, -0.1) is 11.6 Å². The summed E-state index contributed by atoms with van der Waals surface area (Å²) in [7, 11) is 0. The molecular formula is C18H31ClO. The number of hydrogen-bond acceptors (Lipinski definition) is 1. The summed E-state index contributed by atoms with van der Waals surface area (Å²) >= 11 is 4.64. The molecular weight excluding hydrogens is 268 g/mol. The van der Waals surface area contributed by atoms with Crippen LogP contribution in [0.2, 0.25) is 0 Å². The van der Waals surface area contributed by atoms with Gasteiger partial charge in [-0.3, -0.25) is 0 Å². The molecule has 1 nitrogen and oxygen atoms in total. The topological polar surface area (TPSA) is 20.2 Å². The summed E-state index contributed by atoms with van der Waals surface area (Å²) in [5, 5.41) is 10.1. The van der Waals surface area contributed by atoms with E-state index in [1.54, 1.807) is 0 Å². The third-order valence-corrected chi connectivity index (χ3v) is 4.25. The van der Waals surface area contributed by atoms with Crippen LogP contribution < -0.4 is 0 Å². The van der Waals surface area contributed by atoms with Crippen LogP contribution in [0.15, 0.2) is 0 Å². The predicted molar refractivity (Wildman–Crippen MR) is 91.2 cm³/mol. The van der Waals surface area contributed by atoms with Crippen molar-refractivity contribution >= 4 is 11.6 Å². The van der Waals surface area contributed by atoms with Crippen LogP contribution in [0.4, 0.5) is 0 Å². The van der Waals surface area contributed by atoms with E-state index >= 15 is 0 Å². The van der Waals surface area contributed by atoms with Gasteiger partial charge in [-0.1, -0.05) is 27.7 Å². The summed E-state index contributed by atoms with van der Waals surface area (Å²) in [6.07, 6.45) is 4.96. The monoisotopic (exact) mass is 298 g/mol. The average molecular weight is 299 g/mol.